The smallest absolute Gasteiger partial charge is 0.0642 e. The molecule has 96 valence electrons. The normalized spacial score (nSPS) is 20.1. The summed E-state index contributed by atoms with van der Waals surface area (Å²) in [6, 6.07) is 6.22. The van der Waals surface area contributed by atoms with Crippen molar-refractivity contribution < 1.29 is 4.74 Å². The van der Waals surface area contributed by atoms with Crippen molar-refractivity contribution in [2.45, 2.75) is 11.3 Å². The summed E-state index contributed by atoms with van der Waals surface area (Å²) in [6.45, 7) is 3.59. The van der Waals surface area contributed by atoms with Gasteiger partial charge in [-0.05, 0) is 24.6 Å². The van der Waals surface area contributed by atoms with Gasteiger partial charge >= 0.3 is 0 Å². The average molecular weight is 282 g/mol. The first-order chi connectivity index (χ1) is 8.84. The Labute approximate surface area is 117 Å². The van der Waals surface area contributed by atoms with E-state index in [4.69, 9.17) is 16.3 Å². The molecule has 0 aromatic heterocycles. The third-order valence-corrected chi connectivity index (χ3v) is 4.62. The molecule has 0 aliphatic carbocycles. The molecule has 2 nitrogen and oxygen atoms in total. The van der Waals surface area contributed by atoms with E-state index in [-0.39, 0.29) is 0 Å². The number of thioether (sulfide) groups is 1. The zero-order valence-electron chi connectivity index (χ0n) is 10.2. The first-order valence-corrected chi connectivity index (χ1v) is 7.66. The van der Waals surface area contributed by atoms with Crippen LogP contribution in [0.1, 0.15) is 12.0 Å². The number of rotatable bonds is 1. The van der Waals surface area contributed by atoms with E-state index in [0.29, 0.717) is 0 Å². The molecule has 1 aromatic carbocycles. The first-order valence-electron chi connectivity index (χ1n) is 6.30. The van der Waals surface area contributed by atoms with Gasteiger partial charge in [0, 0.05) is 40.0 Å². The SMILES string of the molecule is Clc1ccc2c(c1)C(N1CCOCC1)=CCCS2. The molecule has 2 heterocycles. The van der Waals surface area contributed by atoms with Crippen LogP contribution in [0.15, 0.2) is 29.2 Å². The van der Waals surface area contributed by atoms with Gasteiger partial charge in [-0.25, -0.2) is 0 Å². The summed E-state index contributed by atoms with van der Waals surface area (Å²) in [6.07, 6.45) is 3.46. The van der Waals surface area contributed by atoms with Gasteiger partial charge < -0.3 is 9.64 Å². The van der Waals surface area contributed by atoms with Crippen LogP contribution in [-0.2, 0) is 4.74 Å². The summed E-state index contributed by atoms with van der Waals surface area (Å²) in [5.74, 6) is 1.14. The van der Waals surface area contributed by atoms with Crippen molar-refractivity contribution in [3.8, 4) is 0 Å². The van der Waals surface area contributed by atoms with Crippen molar-refractivity contribution in [3.63, 3.8) is 0 Å². The summed E-state index contributed by atoms with van der Waals surface area (Å²) in [5, 5.41) is 0.815. The highest BCUT2D eigenvalue weighted by molar-refractivity contribution is 7.99. The predicted molar refractivity (Wildman–Crippen MR) is 77.2 cm³/mol. The molecule has 0 spiro atoms. The maximum atomic E-state index is 6.15. The van der Waals surface area contributed by atoms with Gasteiger partial charge in [0.1, 0.15) is 0 Å². The lowest BCUT2D eigenvalue weighted by Gasteiger charge is -2.31. The molecule has 2 aliphatic heterocycles. The Kier molecular flexibility index (Phi) is 3.83. The number of nitrogens with zero attached hydrogens (tertiary/aromatic N) is 1. The lowest BCUT2D eigenvalue weighted by Crippen LogP contribution is -2.35. The second-order valence-corrected chi connectivity index (χ2v) is 6.04. The van der Waals surface area contributed by atoms with Crippen LogP contribution in [0.2, 0.25) is 5.02 Å². The number of halogens is 1. The molecule has 0 N–H and O–H groups in total. The minimum Gasteiger partial charge on any atom is -0.378 e. The molecular formula is C14H16ClNOS. The van der Waals surface area contributed by atoms with E-state index in [1.807, 2.05) is 17.8 Å². The van der Waals surface area contributed by atoms with Gasteiger partial charge in [0.15, 0.2) is 0 Å². The Morgan fingerprint density at radius 3 is 2.89 bits per heavy atom. The molecule has 0 atom stereocenters. The lowest BCUT2D eigenvalue weighted by molar-refractivity contribution is 0.0638. The summed E-state index contributed by atoms with van der Waals surface area (Å²) in [7, 11) is 0. The van der Waals surface area contributed by atoms with Crippen LogP contribution >= 0.6 is 23.4 Å². The zero-order valence-corrected chi connectivity index (χ0v) is 11.8. The third kappa shape index (κ3) is 2.53. The molecule has 4 heteroatoms. The largest absolute Gasteiger partial charge is 0.378 e. The highest BCUT2D eigenvalue weighted by Crippen LogP contribution is 2.36. The molecule has 18 heavy (non-hydrogen) atoms. The highest BCUT2D eigenvalue weighted by Gasteiger charge is 2.19. The van der Waals surface area contributed by atoms with Crippen LogP contribution < -0.4 is 0 Å². The second kappa shape index (κ2) is 5.55. The molecule has 0 radical (unpaired) electrons. The maximum absolute atomic E-state index is 6.15. The van der Waals surface area contributed by atoms with Gasteiger partial charge in [0.05, 0.1) is 13.2 Å². The quantitative estimate of drug-likeness (QED) is 0.782. The van der Waals surface area contributed by atoms with E-state index in [1.54, 1.807) is 0 Å². The molecule has 0 unspecified atom stereocenters. The summed E-state index contributed by atoms with van der Waals surface area (Å²) < 4.78 is 5.43. The summed E-state index contributed by atoms with van der Waals surface area (Å²) in [5.41, 5.74) is 2.62. The van der Waals surface area contributed by atoms with Crippen molar-refractivity contribution in [3.05, 3.63) is 34.9 Å². The van der Waals surface area contributed by atoms with Gasteiger partial charge in [-0.3, -0.25) is 0 Å². The molecule has 0 amide bonds. The molecule has 2 aliphatic rings. The van der Waals surface area contributed by atoms with E-state index < -0.39 is 0 Å². The first kappa shape index (κ1) is 12.4. The molecule has 1 aromatic rings. The lowest BCUT2D eigenvalue weighted by atomic mass is 10.1. The minimum atomic E-state index is 0.815. The van der Waals surface area contributed by atoms with Gasteiger partial charge in [-0.15, -0.1) is 11.8 Å². The van der Waals surface area contributed by atoms with E-state index in [2.05, 4.69) is 23.1 Å². The Morgan fingerprint density at radius 1 is 1.22 bits per heavy atom. The van der Waals surface area contributed by atoms with Crippen LogP contribution in [0, 0.1) is 0 Å². The van der Waals surface area contributed by atoms with Crippen molar-refractivity contribution in [1.82, 2.24) is 4.90 Å². The van der Waals surface area contributed by atoms with Crippen LogP contribution in [-0.4, -0.2) is 37.0 Å². The van der Waals surface area contributed by atoms with Crippen molar-refractivity contribution in [2.75, 3.05) is 32.1 Å². The van der Waals surface area contributed by atoms with Crippen molar-refractivity contribution >= 4 is 29.1 Å². The van der Waals surface area contributed by atoms with E-state index in [0.717, 1.165) is 43.5 Å². The van der Waals surface area contributed by atoms with Gasteiger partial charge in [-0.2, -0.15) is 0 Å². The zero-order chi connectivity index (χ0) is 12.4. The topological polar surface area (TPSA) is 12.5 Å². The molecule has 0 saturated carbocycles. The maximum Gasteiger partial charge on any atom is 0.0642 e. The fourth-order valence-electron chi connectivity index (χ4n) is 2.41. The van der Waals surface area contributed by atoms with Gasteiger partial charge in [-0.1, -0.05) is 17.7 Å². The fraction of sp³-hybridized carbons (Fsp3) is 0.429. The molecule has 1 saturated heterocycles. The highest BCUT2D eigenvalue weighted by atomic mass is 35.5. The monoisotopic (exact) mass is 281 g/mol. The standard InChI is InChI=1S/C14H16ClNOS/c15-11-3-4-14-12(10-11)13(2-1-9-18-14)16-5-7-17-8-6-16/h2-4,10H,1,5-9H2. The number of allylic oxidation sites excluding steroid dienone is 1. The van der Waals surface area contributed by atoms with Gasteiger partial charge in [0.2, 0.25) is 0 Å². The number of morpholine rings is 1. The van der Waals surface area contributed by atoms with Crippen LogP contribution in [0.25, 0.3) is 5.70 Å². The Balaban J connectivity index is 1.98. The Morgan fingerprint density at radius 2 is 2.06 bits per heavy atom. The van der Waals surface area contributed by atoms with E-state index >= 15 is 0 Å². The third-order valence-electron chi connectivity index (χ3n) is 3.28. The average Bonchev–Trinajstić information content (AvgIpc) is 2.61. The predicted octanol–water partition coefficient (Wildman–Crippen LogP) is 3.51. The molecule has 1 fully saturated rings. The summed E-state index contributed by atoms with van der Waals surface area (Å²) in [4.78, 5) is 3.76. The van der Waals surface area contributed by atoms with Crippen LogP contribution in [0.4, 0.5) is 0 Å². The minimum absolute atomic E-state index is 0.815. The van der Waals surface area contributed by atoms with Gasteiger partial charge in [0.25, 0.3) is 0 Å². The number of hydrogen-bond donors (Lipinski definition) is 0. The van der Waals surface area contributed by atoms with Crippen LogP contribution in [0.5, 0.6) is 0 Å². The van der Waals surface area contributed by atoms with Crippen molar-refractivity contribution in [2.24, 2.45) is 0 Å². The number of benzene rings is 1. The Hall–Kier alpha value is -0.640. The van der Waals surface area contributed by atoms with Crippen molar-refractivity contribution in [1.29, 1.82) is 0 Å². The summed E-state index contributed by atoms with van der Waals surface area (Å²) >= 11 is 8.07. The second-order valence-electron chi connectivity index (χ2n) is 4.47. The molecule has 0 bridgehead atoms. The number of ether oxygens (including phenoxy) is 1. The molecular weight excluding hydrogens is 266 g/mol. The molecule has 3 rings (SSSR count). The van der Waals surface area contributed by atoms with E-state index in [1.165, 1.54) is 16.2 Å². The van der Waals surface area contributed by atoms with Crippen LogP contribution in [0.3, 0.4) is 0 Å². The fourth-order valence-corrected chi connectivity index (χ4v) is 3.52. The Bertz CT molecular complexity index is 469. The number of fused-ring (bicyclic) bond motifs is 1. The number of hydrogen-bond acceptors (Lipinski definition) is 3. The van der Waals surface area contributed by atoms with E-state index in [9.17, 15) is 0 Å².